The fourth-order valence-corrected chi connectivity index (χ4v) is 3.06. The van der Waals surface area contributed by atoms with Crippen LogP contribution in [0.2, 0.25) is 0 Å². The second-order valence-corrected chi connectivity index (χ2v) is 7.00. The van der Waals surface area contributed by atoms with Crippen molar-refractivity contribution < 1.29 is 4.74 Å². The zero-order valence-corrected chi connectivity index (χ0v) is 15.5. The van der Waals surface area contributed by atoms with Crippen molar-refractivity contribution >= 4 is 5.52 Å². The molecule has 0 aromatic carbocycles. The highest BCUT2D eigenvalue weighted by atomic mass is 16.5. The Balaban J connectivity index is 1.58. The number of aromatic nitrogens is 5. The molecular weight excluding hydrogens is 350 g/mol. The van der Waals surface area contributed by atoms with Gasteiger partial charge in [-0.15, -0.1) is 0 Å². The van der Waals surface area contributed by atoms with Gasteiger partial charge in [0.1, 0.15) is 17.9 Å². The van der Waals surface area contributed by atoms with E-state index in [-0.39, 0.29) is 0 Å². The molecule has 0 atom stereocenters. The zero-order chi connectivity index (χ0) is 18.9. The number of ether oxygens (including phenoxy) is 1. The van der Waals surface area contributed by atoms with Crippen LogP contribution in [-0.4, -0.2) is 24.4 Å². The van der Waals surface area contributed by atoms with E-state index in [0.29, 0.717) is 12.5 Å². The second kappa shape index (κ2) is 6.86. The molecule has 0 amide bonds. The van der Waals surface area contributed by atoms with Gasteiger partial charge in [-0.25, -0.2) is 4.52 Å². The normalized spacial score (nSPS) is 13.3. The van der Waals surface area contributed by atoms with Crippen LogP contribution in [0, 0.1) is 17.8 Å². The van der Waals surface area contributed by atoms with Gasteiger partial charge in [0, 0.05) is 42.7 Å². The van der Waals surface area contributed by atoms with Gasteiger partial charge >= 0.3 is 0 Å². The van der Waals surface area contributed by atoms with Gasteiger partial charge in [-0.1, -0.05) is 17.9 Å². The van der Waals surface area contributed by atoms with E-state index in [0.717, 1.165) is 33.7 Å². The lowest BCUT2D eigenvalue weighted by Crippen LogP contribution is -2.00. The van der Waals surface area contributed by atoms with Crippen LogP contribution in [0.4, 0.5) is 0 Å². The maximum absolute atomic E-state index is 6.18. The third kappa shape index (κ3) is 3.35. The molecule has 4 aromatic heterocycles. The van der Waals surface area contributed by atoms with Gasteiger partial charge in [0.25, 0.3) is 0 Å². The Kier molecular flexibility index (Phi) is 4.06. The van der Waals surface area contributed by atoms with E-state index in [4.69, 9.17) is 4.74 Å². The molecule has 0 N–H and O–H groups in total. The predicted octanol–water partition coefficient (Wildman–Crippen LogP) is 3.47. The first-order chi connectivity index (χ1) is 13.8. The van der Waals surface area contributed by atoms with E-state index in [1.807, 2.05) is 60.6 Å². The van der Waals surface area contributed by atoms with E-state index < -0.39 is 0 Å². The Morgan fingerprint density at radius 3 is 2.82 bits per heavy atom. The molecule has 0 aliphatic heterocycles. The number of hydrogen-bond acceptors (Lipinski definition) is 4. The van der Waals surface area contributed by atoms with Crippen molar-refractivity contribution in [2.75, 3.05) is 0 Å². The first kappa shape index (κ1) is 16.6. The van der Waals surface area contributed by atoms with Crippen LogP contribution in [-0.2, 0) is 13.7 Å². The van der Waals surface area contributed by atoms with Crippen LogP contribution >= 0.6 is 0 Å². The Morgan fingerprint density at radius 2 is 2.07 bits per heavy atom. The summed E-state index contributed by atoms with van der Waals surface area (Å²) in [6, 6.07) is 7.83. The lowest BCUT2D eigenvalue weighted by atomic mass is 10.1. The van der Waals surface area contributed by atoms with Crippen molar-refractivity contribution in [3.63, 3.8) is 0 Å². The molecule has 0 bridgehead atoms. The summed E-state index contributed by atoms with van der Waals surface area (Å²) in [5.74, 6) is 7.87. The average molecular weight is 369 g/mol. The minimum atomic E-state index is 0.383. The number of nitrogens with zero attached hydrogens (tertiary/aromatic N) is 5. The van der Waals surface area contributed by atoms with Gasteiger partial charge in [0.2, 0.25) is 0 Å². The Labute approximate surface area is 162 Å². The fraction of sp³-hybridized carbons (Fsp3) is 0.227. The number of fused-ring (bicyclic) bond motifs is 1. The Bertz CT molecular complexity index is 1190. The second-order valence-electron chi connectivity index (χ2n) is 7.00. The molecule has 1 aliphatic carbocycles. The molecule has 0 unspecified atom stereocenters. The summed E-state index contributed by atoms with van der Waals surface area (Å²) < 4.78 is 9.80. The molecule has 1 aliphatic rings. The molecule has 6 heteroatoms. The molecule has 4 aromatic rings. The van der Waals surface area contributed by atoms with Crippen LogP contribution in [0.1, 0.15) is 24.1 Å². The Morgan fingerprint density at radius 1 is 1.14 bits per heavy atom. The SMILES string of the molecule is Cn1cc(-c2cc(OCc3ccccn3)c3c(C#CC4CC4)cnn3c2)cn1. The largest absolute Gasteiger partial charge is 0.485 e. The van der Waals surface area contributed by atoms with E-state index in [9.17, 15) is 0 Å². The van der Waals surface area contributed by atoms with E-state index in [1.54, 1.807) is 10.9 Å². The van der Waals surface area contributed by atoms with Crippen LogP contribution < -0.4 is 4.74 Å². The van der Waals surface area contributed by atoms with Crippen LogP contribution in [0.3, 0.4) is 0 Å². The molecule has 138 valence electrons. The van der Waals surface area contributed by atoms with Crippen molar-refractivity contribution in [2.24, 2.45) is 13.0 Å². The van der Waals surface area contributed by atoms with Crippen molar-refractivity contribution in [1.29, 1.82) is 0 Å². The first-order valence-electron chi connectivity index (χ1n) is 9.31. The highest BCUT2D eigenvalue weighted by molar-refractivity contribution is 5.75. The van der Waals surface area contributed by atoms with Crippen molar-refractivity contribution in [2.45, 2.75) is 19.4 Å². The highest BCUT2D eigenvalue weighted by Crippen LogP contribution is 2.31. The molecule has 0 saturated heterocycles. The summed E-state index contributed by atoms with van der Waals surface area (Å²) in [6.45, 7) is 0.383. The zero-order valence-electron chi connectivity index (χ0n) is 15.5. The summed E-state index contributed by atoms with van der Waals surface area (Å²) in [7, 11) is 1.90. The third-order valence-corrected chi connectivity index (χ3v) is 4.71. The summed E-state index contributed by atoms with van der Waals surface area (Å²) in [6.07, 6.45) is 11.8. The van der Waals surface area contributed by atoms with E-state index in [2.05, 4.69) is 27.0 Å². The van der Waals surface area contributed by atoms with Gasteiger partial charge in [0.15, 0.2) is 0 Å². The molecule has 4 heterocycles. The van der Waals surface area contributed by atoms with Gasteiger partial charge in [-0.3, -0.25) is 9.67 Å². The van der Waals surface area contributed by atoms with Crippen LogP contribution in [0.5, 0.6) is 5.75 Å². The molecule has 28 heavy (non-hydrogen) atoms. The van der Waals surface area contributed by atoms with E-state index in [1.165, 1.54) is 12.8 Å². The summed E-state index contributed by atoms with van der Waals surface area (Å²) in [5, 5.41) is 8.79. The predicted molar refractivity (Wildman–Crippen MR) is 106 cm³/mol. The number of pyridine rings is 2. The van der Waals surface area contributed by atoms with Crippen LogP contribution in [0.25, 0.3) is 16.6 Å². The lowest BCUT2D eigenvalue weighted by Gasteiger charge is -2.10. The lowest BCUT2D eigenvalue weighted by molar-refractivity contribution is 0.304. The summed E-state index contributed by atoms with van der Waals surface area (Å²) >= 11 is 0. The quantitative estimate of drug-likeness (QED) is 0.517. The standard InChI is InChI=1S/C22H19N5O/c1-26-13-19(12-24-26)18-10-21(28-15-20-4-2-3-9-23-20)22-17(8-7-16-5-6-16)11-25-27(22)14-18/h2-4,9-14,16H,5-6,15H2,1H3. The molecule has 6 nitrogen and oxygen atoms in total. The van der Waals surface area contributed by atoms with Gasteiger partial charge in [-0.2, -0.15) is 10.2 Å². The minimum Gasteiger partial charge on any atom is -0.485 e. The van der Waals surface area contributed by atoms with Crippen molar-refractivity contribution in [3.8, 4) is 28.7 Å². The summed E-state index contributed by atoms with van der Waals surface area (Å²) in [5.41, 5.74) is 4.64. The topological polar surface area (TPSA) is 57.2 Å². The van der Waals surface area contributed by atoms with Gasteiger partial charge in [0.05, 0.1) is 23.7 Å². The van der Waals surface area contributed by atoms with Gasteiger partial charge < -0.3 is 4.74 Å². The Hall–Kier alpha value is -3.59. The smallest absolute Gasteiger partial charge is 0.147 e. The van der Waals surface area contributed by atoms with Gasteiger partial charge in [-0.05, 0) is 31.0 Å². The van der Waals surface area contributed by atoms with E-state index >= 15 is 0 Å². The molecular formula is C22H19N5O. The van der Waals surface area contributed by atoms with Crippen LogP contribution in [0.15, 0.2) is 55.2 Å². The minimum absolute atomic E-state index is 0.383. The number of hydrogen-bond donors (Lipinski definition) is 0. The number of rotatable bonds is 4. The van der Waals surface area contributed by atoms with Crippen molar-refractivity contribution in [1.82, 2.24) is 24.4 Å². The molecule has 1 saturated carbocycles. The molecule has 5 rings (SSSR count). The third-order valence-electron chi connectivity index (χ3n) is 4.71. The maximum Gasteiger partial charge on any atom is 0.147 e. The maximum atomic E-state index is 6.18. The number of aryl methyl sites for hydroxylation is 1. The molecule has 0 radical (unpaired) electrons. The highest BCUT2D eigenvalue weighted by Gasteiger charge is 2.19. The average Bonchev–Trinajstić information content (AvgIpc) is 3.30. The first-order valence-corrected chi connectivity index (χ1v) is 9.31. The van der Waals surface area contributed by atoms with Crippen molar-refractivity contribution in [3.05, 3.63) is 66.5 Å². The molecule has 0 spiro atoms. The monoisotopic (exact) mass is 369 g/mol. The fourth-order valence-electron chi connectivity index (χ4n) is 3.06. The summed E-state index contributed by atoms with van der Waals surface area (Å²) in [4.78, 5) is 4.35. The molecule has 1 fully saturated rings.